The molecule has 0 aliphatic rings. The van der Waals surface area contributed by atoms with Crippen LogP contribution in [0, 0.1) is 5.92 Å². The minimum absolute atomic E-state index is 0.361. The predicted octanol–water partition coefficient (Wildman–Crippen LogP) is 3.80. The molecule has 1 N–H and O–H groups in total. The number of nitrogens with one attached hydrogen (secondary N) is 1. The summed E-state index contributed by atoms with van der Waals surface area (Å²) in [6, 6.07) is 2.49. The van der Waals surface area contributed by atoms with Gasteiger partial charge in [0.1, 0.15) is 0 Å². The Morgan fingerprint density at radius 3 is 2.73 bits per heavy atom. The molecule has 0 amide bonds. The monoisotopic (exact) mass is 288 g/mol. The van der Waals surface area contributed by atoms with Crippen LogP contribution in [0.2, 0.25) is 0 Å². The van der Waals surface area contributed by atoms with Crippen LogP contribution in [0.15, 0.2) is 22.9 Å². The molecule has 0 spiro atoms. The van der Waals surface area contributed by atoms with Crippen molar-refractivity contribution < 1.29 is 0 Å². The van der Waals surface area contributed by atoms with Crippen molar-refractivity contribution in [3.05, 3.63) is 28.5 Å². The molecule has 1 heterocycles. The zero-order valence-corrected chi connectivity index (χ0v) is 11.7. The van der Waals surface area contributed by atoms with Gasteiger partial charge in [-0.15, -0.1) is 0 Å². The lowest BCUT2D eigenvalue weighted by atomic mass is 9.99. The molecule has 15 heavy (non-hydrogen) atoms. The van der Waals surface area contributed by atoms with Gasteiger partial charge in [0.2, 0.25) is 0 Å². The van der Waals surface area contributed by atoms with Crippen LogP contribution in [0.25, 0.3) is 0 Å². The van der Waals surface area contributed by atoms with Crippen LogP contribution in [0.3, 0.4) is 0 Å². The van der Waals surface area contributed by atoms with Crippen molar-refractivity contribution in [3.8, 4) is 0 Å². The zero-order chi connectivity index (χ0) is 11.3. The standard InChI is InChI=1S/C11H17BrN2S/c1-4-15-14-11(8(2)3)9-5-10(12)7-13-6-9/h5-8,11,14H,4H2,1-3H3. The smallest absolute Gasteiger partial charge is 0.0460 e. The Morgan fingerprint density at radius 1 is 1.47 bits per heavy atom. The van der Waals surface area contributed by atoms with Crippen molar-refractivity contribution in [1.82, 2.24) is 9.71 Å². The molecular weight excluding hydrogens is 272 g/mol. The van der Waals surface area contributed by atoms with Crippen molar-refractivity contribution in [2.75, 3.05) is 5.75 Å². The highest BCUT2D eigenvalue weighted by molar-refractivity contribution is 9.10. The van der Waals surface area contributed by atoms with Crippen LogP contribution in [0.5, 0.6) is 0 Å². The van der Waals surface area contributed by atoms with E-state index in [1.165, 1.54) is 5.56 Å². The number of pyridine rings is 1. The highest BCUT2D eigenvalue weighted by Crippen LogP contribution is 2.25. The molecule has 0 fully saturated rings. The molecule has 1 unspecified atom stereocenters. The number of hydrogen-bond acceptors (Lipinski definition) is 3. The second-order valence-corrected chi connectivity index (χ2v) is 5.73. The van der Waals surface area contributed by atoms with Crippen molar-refractivity contribution in [2.24, 2.45) is 5.92 Å². The number of aromatic nitrogens is 1. The van der Waals surface area contributed by atoms with Gasteiger partial charge in [0, 0.05) is 28.7 Å². The van der Waals surface area contributed by atoms with E-state index in [0.29, 0.717) is 12.0 Å². The highest BCUT2D eigenvalue weighted by Gasteiger charge is 2.15. The molecule has 0 bridgehead atoms. The number of rotatable bonds is 5. The fourth-order valence-electron chi connectivity index (χ4n) is 1.36. The first-order valence-electron chi connectivity index (χ1n) is 5.13. The van der Waals surface area contributed by atoms with Crippen LogP contribution in [-0.2, 0) is 0 Å². The molecule has 1 aromatic heterocycles. The van der Waals surface area contributed by atoms with Gasteiger partial charge in [-0.3, -0.25) is 9.71 Å². The molecule has 0 aliphatic carbocycles. The third kappa shape index (κ3) is 4.13. The summed E-state index contributed by atoms with van der Waals surface area (Å²) in [6.07, 6.45) is 3.74. The SMILES string of the molecule is CCSNC(c1cncc(Br)c1)C(C)C. The van der Waals surface area contributed by atoms with E-state index in [1.807, 2.05) is 12.4 Å². The summed E-state index contributed by atoms with van der Waals surface area (Å²) in [5.74, 6) is 1.63. The van der Waals surface area contributed by atoms with Crippen LogP contribution < -0.4 is 4.72 Å². The molecule has 84 valence electrons. The maximum Gasteiger partial charge on any atom is 0.0460 e. The Hall–Kier alpha value is -0.0600. The van der Waals surface area contributed by atoms with E-state index in [2.05, 4.69) is 52.5 Å². The van der Waals surface area contributed by atoms with Crippen molar-refractivity contribution in [2.45, 2.75) is 26.8 Å². The maximum absolute atomic E-state index is 4.20. The third-order valence-electron chi connectivity index (χ3n) is 2.11. The van der Waals surface area contributed by atoms with Gasteiger partial charge in [0.05, 0.1) is 0 Å². The van der Waals surface area contributed by atoms with Crippen LogP contribution in [-0.4, -0.2) is 10.7 Å². The summed E-state index contributed by atoms with van der Waals surface area (Å²) >= 11 is 5.20. The largest absolute Gasteiger partial charge is 0.263 e. The van der Waals surface area contributed by atoms with E-state index in [9.17, 15) is 0 Å². The fraction of sp³-hybridized carbons (Fsp3) is 0.545. The van der Waals surface area contributed by atoms with E-state index in [1.54, 1.807) is 11.9 Å². The summed E-state index contributed by atoms with van der Waals surface area (Å²) in [4.78, 5) is 4.20. The lowest BCUT2D eigenvalue weighted by Crippen LogP contribution is -2.20. The molecule has 1 aromatic rings. The minimum Gasteiger partial charge on any atom is -0.263 e. The minimum atomic E-state index is 0.361. The van der Waals surface area contributed by atoms with E-state index >= 15 is 0 Å². The molecule has 0 saturated heterocycles. The first kappa shape index (κ1) is 13.0. The van der Waals surface area contributed by atoms with Gasteiger partial charge in [0.25, 0.3) is 0 Å². The number of nitrogens with zero attached hydrogens (tertiary/aromatic N) is 1. The van der Waals surface area contributed by atoms with E-state index in [0.717, 1.165) is 10.2 Å². The van der Waals surface area contributed by atoms with Gasteiger partial charge < -0.3 is 0 Å². The van der Waals surface area contributed by atoms with Crippen molar-refractivity contribution in [1.29, 1.82) is 0 Å². The first-order valence-corrected chi connectivity index (χ1v) is 6.90. The summed E-state index contributed by atoms with van der Waals surface area (Å²) in [6.45, 7) is 6.58. The Morgan fingerprint density at radius 2 is 2.20 bits per heavy atom. The Balaban J connectivity index is 2.79. The summed E-state index contributed by atoms with van der Waals surface area (Å²) in [5, 5.41) is 0. The van der Waals surface area contributed by atoms with Crippen LogP contribution >= 0.6 is 27.9 Å². The van der Waals surface area contributed by atoms with E-state index in [-0.39, 0.29) is 0 Å². The molecular formula is C11H17BrN2S. The lowest BCUT2D eigenvalue weighted by Gasteiger charge is -2.21. The average molecular weight is 289 g/mol. The Labute approximate surface area is 105 Å². The molecule has 0 aliphatic heterocycles. The average Bonchev–Trinajstić information content (AvgIpc) is 2.18. The predicted molar refractivity (Wildman–Crippen MR) is 70.8 cm³/mol. The topological polar surface area (TPSA) is 24.9 Å². The molecule has 4 heteroatoms. The molecule has 2 nitrogen and oxygen atoms in total. The normalized spacial score (nSPS) is 13.1. The molecule has 0 radical (unpaired) electrons. The van der Waals surface area contributed by atoms with Crippen molar-refractivity contribution >= 4 is 27.9 Å². The first-order chi connectivity index (χ1) is 7.15. The second kappa shape index (κ2) is 6.51. The lowest BCUT2D eigenvalue weighted by molar-refractivity contribution is 0.485. The van der Waals surface area contributed by atoms with E-state index < -0.39 is 0 Å². The molecule has 0 aromatic carbocycles. The van der Waals surface area contributed by atoms with E-state index in [4.69, 9.17) is 0 Å². The third-order valence-corrected chi connectivity index (χ3v) is 3.25. The van der Waals surface area contributed by atoms with Gasteiger partial charge in [-0.25, -0.2) is 0 Å². The highest BCUT2D eigenvalue weighted by atomic mass is 79.9. The van der Waals surface area contributed by atoms with Crippen LogP contribution in [0.1, 0.15) is 32.4 Å². The molecule has 0 saturated carbocycles. The fourth-order valence-corrected chi connectivity index (χ4v) is 2.50. The molecule has 1 rings (SSSR count). The van der Waals surface area contributed by atoms with Gasteiger partial charge in [-0.1, -0.05) is 32.7 Å². The van der Waals surface area contributed by atoms with Crippen LogP contribution in [0.4, 0.5) is 0 Å². The second-order valence-electron chi connectivity index (χ2n) is 3.71. The quantitative estimate of drug-likeness (QED) is 0.835. The maximum atomic E-state index is 4.20. The van der Waals surface area contributed by atoms with Crippen molar-refractivity contribution in [3.63, 3.8) is 0 Å². The summed E-state index contributed by atoms with van der Waals surface area (Å²) in [7, 11) is 0. The van der Waals surface area contributed by atoms with Gasteiger partial charge in [0.15, 0.2) is 0 Å². The number of hydrogen-bond donors (Lipinski definition) is 1. The zero-order valence-electron chi connectivity index (χ0n) is 9.33. The van der Waals surface area contributed by atoms with Gasteiger partial charge >= 0.3 is 0 Å². The van der Waals surface area contributed by atoms with Gasteiger partial charge in [-0.2, -0.15) is 0 Å². The number of halogens is 1. The Bertz CT molecular complexity index is 304. The van der Waals surface area contributed by atoms with Gasteiger partial charge in [-0.05, 0) is 33.5 Å². The summed E-state index contributed by atoms with van der Waals surface area (Å²) in [5.41, 5.74) is 1.24. The Kier molecular flexibility index (Phi) is 5.64. The summed E-state index contributed by atoms with van der Waals surface area (Å²) < 4.78 is 4.50. The molecule has 1 atom stereocenters.